The molecule has 1 aliphatic heterocycles. The number of nitrogens with two attached hydrogens (primary N) is 1. The van der Waals surface area contributed by atoms with Gasteiger partial charge in [0, 0.05) is 23.9 Å². The Balaban J connectivity index is 1.44. The van der Waals surface area contributed by atoms with Crippen LogP contribution in [-0.2, 0) is 11.3 Å². The molecule has 6 nitrogen and oxygen atoms in total. The summed E-state index contributed by atoms with van der Waals surface area (Å²) in [4.78, 5) is 16.4. The van der Waals surface area contributed by atoms with Crippen LogP contribution in [0.1, 0.15) is 5.56 Å². The summed E-state index contributed by atoms with van der Waals surface area (Å²) in [5.74, 6) is -1.28. The van der Waals surface area contributed by atoms with Gasteiger partial charge in [-0.05, 0) is 29.8 Å². The number of pyridine rings is 1. The van der Waals surface area contributed by atoms with Gasteiger partial charge in [-0.1, -0.05) is 18.2 Å². The second-order valence-electron chi connectivity index (χ2n) is 6.61. The Hall–Kier alpha value is -3.55. The van der Waals surface area contributed by atoms with Crippen molar-refractivity contribution in [3.8, 4) is 0 Å². The lowest BCUT2D eigenvalue weighted by molar-refractivity contribution is -0.112. The molecule has 2 aliphatic rings. The molecule has 8 heteroatoms. The largest absolute Gasteiger partial charge is 0.397 e. The summed E-state index contributed by atoms with van der Waals surface area (Å²) in [7, 11) is 0. The zero-order valence-electron chi connectivity index (χ0n) is 14.7. The fourth-order valence-electron chi connectivity index (χ4n) is 3.23. The zero-order valence-corrected chi connectivity index (χ0v) is 14.7. The normalized spacial score (nSPS) is 20.1. The monoisotopic (exact) mass is 381 g/mol. The van der Waals surface area contributed by atoms with E-state index in [-0.39, 0.29) is 23.6 Å². The average molecular weight is 381 g/mol. The molecule has 1 aromatic heterocycles. The highest BCUT2D eigenvalue weighted by molar-refractivity contribution is 6.07. The minimum atomic E-state index is -0.467. The van der Waals surface area contributed by atoms with Crippen molar-refractivity contribution >= 4 is 23.5 Å². The summed E-state index contributed by atoms with van der Waals surface area (Å²) in [6.07, 6.45) is 9.91. The van der Waals surface area contributed by atoms with Crippen LogP contribution in [0.3, 0.4) is 0 Å². The van der Waals surface area contributed by atoms with Crippen molar-refractivity contribution in [1.29, 1.82) is 0 Å². The molecule has 1 amide bonds. The van der Waals surface area contributed by atoms with E-state index in [1.165, 1.54) is 18.2 Å². The van der Waals surface area contributed by atoms with Crippen molar-refractivity contribution in [3.63, 3.8) is 0 Å². The summed E-state index contributed by atoms with van der Waals surface area (Å²) in [6, 6.07) is 5.17. The number of aromatic nitrogens is 1. The second-order valence-corrected chi connectivity index (χ2v) is 6.61. The van der Waals surface area contributed by atoms with E-state index in [1.807, 2.05) is 17.2 Å². The van der Waals surface area contributed by atoms with Gasteiger partial charge in [0.25, 0.3) is 5.91 Å². The molecule has 4 rings (SSSR count). The molecule has 0 radical (unpaired) electrons. The van der Waals surface area contributed by atoms with Gasteiger partial charge in [0.1, 0.15) is 11.6 Å². The number of hydrogen-bond acceptors (Lipinski definition) is 5. The van der Waals surface area contributed by atoms with Gasteiger partial charge in [-0.2, -0.15) is 5.10 Å². The third kappa shape index (κ3) is 3.62. The molecule has 142 valence electrons. The van der Waals surface area contributed by atoms with Crippen molar-refractivity contribution in [1.82, 2.24) is 9.99 Å². The van der Waals surface area contributed by atoms with E-state index >= 15 is 0 Å². The summed E-state index contributed by atoms with van der Waals surface area (Å²) in [5.41, 5.74) is 7.42. The molecule has 1 aliphatic carbocycles. The summed E-state index contributed by atoms with van der Waals surface area (Å²) < 4.78 is 26.5. The van der Waals surface area contributed by atoms with Crippen LogP contribution < -0.4 is 11.1 Å². The molecular weight excluding hydrogens is 364 g/mol. The number of anilines is 2. The smallest absolute Gasteiger partial charge is 0.255 e. The minimum Gasteiger partial charge on any atom is -0.397 e. The van der Waals surface area contributed by atoms with Crippen LogP contribution in [-0.4, -0.2) is 28.2 Å². The number of halogens is 2. The Kier molecular flexibility index (Phi) is 4.60. The van der Waals surface area contributed by atoms with Crippen LogP contribution in [0.5, 0.6) is 0 Å². The van der Waals surface area contributed by atoms with Crippen LogP contribution in [0, 0.1) is 17.6 Å². The third-order valence-corrected chi connectivity index (χ3v) is 4.60. The molecule has 0 spiro atoms. The fourth-order valence-corrected chi connectivity index (χ4v) is 3.23. The van der Waals surface area contributed by atoms with Crippen molar-refractivity contribution in [3.05, 3.63) is 77.7 Å². The van der Waals surface area contributed by atoms with Gasteiger partial charge in [0.2, 0.25) is 0 Å². The molecule has 2 heterocycles. The first kappa shape index (κ1) is 17.8. The zero-order chi connectivity index (χ0) is 19.7. The predicted octanol–water partition coefficient (Wildman–Crippen LogP) is 2.86. The van der Waals surface area contributed by atoms with Gasteiger partial charge >= 0.3 is 0 Å². The average Bonchev–Trinajstić information content (AvgIpc) is 3.06. The maximum atomic E-state index is 13.3. The maximum Gasteiger partial charge on any atom is 0.255 e. The van der Waals surface area contributed by atoms with Crippen LogP contribution in [0.2, 0.25) is 0 Å². The van der Waals surface area contributed by atoms with E-state index in [0.717, 1.165) is 12.3 Å². The van der Waals surface area contributed by atoms with E-state index in [0.29, 0.717) is 23.4 Å². The Morgan fingerprint density at radius 1 is 1.21 bits per heavy atom. The van der Waals surface area contributed by atoms with Gasteiger partial charge in [-0.3, -0.25) is 14.8 Å². The number of carbonyl (C=O) groups excluding carboxylic acids is 1. The molecule has 0 saturated carbocycles. The number of hydrazone groups is 1. The summed E-state index contributed by atoms with van der Waals surface area (Å²) in [5, 5.41) is 8.88. The Morgan fingerprint density at radius 2 is 2.07 bits per heavy atom. The Labute approximate surface area is 160 Å². The number of nitrogen functional groups attached to an aromatic ring is 1. The first-order chi connectivity index (χ1) is 13.5. The van der Waals surface area contributed by atoms with E-state index in [2.05, 4.69) is 15.4 Å². The minimum absolute atomic E-state index is 0.0595. The number of nitrogens with one attached hydrogen (secondary N) is 1. The van der Waals surface area contributed by atoms with Gasteiger partial charge in [0.05, 0.1) is 30.2 Å². The van der Waals surface area contributed by atoms with Crippen molar-refractivity contribution in [2.45, 2.75) is 12.6 Å². The topological polar surface area (TPSA) is 83.6 Å². The van der Waals surface area contributed by atoms with Crippen LogP contribution in [0.4, 0.5) is 20.2 Å². The van der Waals surface area contributed by atoms with Gasteiger partial charge in [-0.15, -0.1) is 0 Å². The number of hydrogen-bond donors (Lipinski definition) is 2. The number of benzene rings is 1. The molecule has 1 aromatic carbocycles. The van der Waals surface area contributed by atoms with Gasteiger partial charge in [-0.25, -0.2) is 8.78 Å². The molecule has 2 aromatic rings. The predicted molar refractivity (Wildman–Crippen MR) is 102 cm³/mol. The third-order valence-electron chi connectivity index (χ3n) is 4.60. The maximum absolute atomic E-state index is 13.3. The Bertz CT molecular complexity index is 1020. The molecule has 2 unspecified atom stereocenters. The standard InChI is InChI=1S/C20H17F2N5O/c21-15-2-3-18(17(23)7-15)26-20(28)13-1-4-19-14(6-13)9-25-27(19)11-12-5-16(22)10-24-8-12/h1-10,14,19H,11,23H2,(H,26,28). The van der Waals surface area contributed by atoms with Gasteiger partial charge in [0.15, 0.2) is 0 Å². The molecule has 0 saturated heterocycles. The van der Waals surface area contributed by atoms with Crippen molar-refractivity contribution in [2.75, 3.05) is 11.1 Å². The molecule has 0 bridgehead atoms. The van der Waals surface area contributed by atoms with Crippen molar-refractivity contribution in [2.24, 2.45) is 11.0 Å². The molecule has 3 N–H and O–H groups in total. The lowest BCUT2D eigenvalue weighted by Crippen LogP contribution is -2.32. The lowest BCUT2D eigenvalue weighted by Gasteiger charge is -2.26. The highest BCUT2D eigenvalue weighted by atomic mass is 19.1. The highest BCUT2D eigenvalue weighted by Crippen LogP contribution is 2.28. The van der Waals surface area contributed by atoms with Crippen LogP contribution >= 0.6 is 0 Å². The number of carbonyl (C=O) groups is 1. The Morgan fingerprint density at radius 3 is 2.86 bits per heavy atom. The second kappa shape index (κ2) is 7.22. The molecular formula is C20H17F2N5O. The van der Waals surface area contributed by atoms with Crippen LogP contribution in [0.15, 0.2) is 65.6 Å². The first-order valence-corrected chi connectivity index (χ1v) is 8.66. The summed E-state index contributed by atoms with van der Waals surface area (Å²) in [6.45, 7) is 0.411. The molecule has 0 fully saturated rings. The highest BCUT2D eigenvalue weighted by Gasteiger charge is 2.31. The quantitative estimate of drug-likeness (QED) is 0.798. The number of fused-ring (bicyclic) bond motifs is 1. The number of rotatable bonds is 4. The summed E-state index contributed by atoms with van der Waals surface area (Å²) >= 11 is 0. The van der Waals surface area contributed by atoms with Gasteiger partial charge < -0.3 is 11.1 Å². The van der Waals surface area contributed by atoms with E-state index in [9.17, 15) is 13.6 Å². The number of amides is 1. The van der Waals surface area contributed by atoms with E-state index in [1.54, 1.807) is 18.5 Å². The first-order valence-electron chi connectivity index (χ1n) is 8.66. The fraction of sp³-hybridized carbons (Fsp3) is 0.150. The molecule has 2 atom stereocenters. The SMILES string of the molecule is Nc1cc(F)ccc1NC(=O)C1=CC2C=NN(Cc3cncc(F)c3)C2C=C1. The number of nitrogens with zero attached hydrogens (tertiary/aromatic N) is 3. The van der Waals surface area contributed by atoms with E-state index < -0.39 is 11.6 Å². The van der Waals surface area contributed by atoms with Crippen molar-refractivity contribution < 1.29 is 13.6 Å². The van der Waals surface area contributed by atoms with E-state index in [4.69, 9.17) is 5.73 Å². The molecule has 28 heavy (non-hydrogen) atoms. The lowest BCUT2D eigenvalue weighted by atomic mass is 9.92. The van der Waals surface area contributed by atoms with Crippen LogP contribution in [0.25, 0.3) is 0 Å².